The van der Waals surface area contributed by atoms with Crippen LogP contribution in [0.4, 0.5) is 0 Å². The molecule has 7 nitrogen and oxygen atoms in total. The van der Waals surface area contributed by atoms with Gasteiger partial charge in [0.05, 0.1) is 4.90 Å². The lowest BCUT2D eigenvalue weighted by Gasteiger charge is -2.27. The summed E-state index contributed by atoms with van der Waals surface area (Å²) in [5.41, 5.74) is 3.79. The van der Waals surface area contributed by atoms with Crippen molar-refractivity contribution in [3.63, 3.8) is 0 Å². The Kier molecular flexibility index (Phi) is 7.08. The smallest absolute Gasteiger partial charge is 0.261 e. The van der Waals surface area contributed by atoms with E-state index in [4.69, 9.17) is 9.94 Å². The van der Waals surface area contributed by atoms with Crippen molar-refractivity contribution in [2.24, 2.45) is 0 Å². The van der Waals surface area contributed by atoms with Crippen LogP contribution in [0.3, 0.4) is 0 Å². The molecular weight excluding hydrogens is 440 g/mol. The van der Waals surface area contributed by atoms with Crippen LogP contribution in [0, 0.1) is 0 Å². The highest BCUT2D eigenvalue weighted by atomic mass is 32.2. The summed E-state index contributed by atoms with van der Waals surface area (Å²) in [6, 6.07) is 22.9. The number of ether oxygens (including phenoxy) is 1. The topological polar surface area (TPSA) is 95.9 Å². The molecule has 0 bridgehead atoms. The number of rotatable bonds is 6. The van der Waals surface area contributed by atoms with Crippen LogP contribution in [0.5, 0.6) is 11.5 Å². The van der Waals surface area contributed by atoms with Gasteiger partial charge in [0.2, 0.25) is 10.0 Å². The van der Waals surface area contributed by atoms with E-state index < -0.39 is 22.0 Å². The molecular formula is C25H26N2O5S. The van der Waals surface area contributed by atoms with E-state index >= 15 is 0 Å². The molecule has 8 heteroatoms. The number of nitrogens with zero attached hydrogens (tertiary/aromatic N) is 1. The SMILES string of the molecule is O=C(NO)C1CCCCCN1S(=O)(=O)c1ccc(Oc2ccc(-c3ccccc3)cc2)cc1. The van der Waals surface area contributed by atoms with E-state index in [0.717, 1.165) is 24.0 Å². The van der Waals surface area contributed by atoms with Crippen molar-refractivity contribution in [2.75, 3.05) is 6.54 Å². The lowest BCUT2D eigenvalue weighted by molar-refractivity contribution is -0.133. The highest BCUT2D eigenvalue weighted by Crippen LogP contribution is 2.29. The van der Waals surface area contributed by atoms with Crippen molar-refractivity contribution in [3.05, 3.63) is 78.9 Å². The zero-order chi connectivity index (χ0) is 23.3. The number of hydroxylamine groups is 1. The standard InChI is InChI=1S/C25H26N2O5S/c28-25(26-29)24-9-5-2-6-18-27(24)33(30,31)23-16-14-22(15-17-23)32-21-12-10-20(11-13-21)19-7-3-1-4-8-19/h1,3-4,7-8,10-17,24,29H,2,5-6,9,18H2,(H,26,28). The van der Waals surface area contributed by atoms with E-state index in [-0.39, 0.29) is 11.4 Å². The van der Waals surface area contributed by atoms with Gasteiger partial charge in [-0.25, -0.2) is 13.9 Å². The van der Waals surface area contributed by atoms with Crippen LogP contribution >= 0.6 is 0 Å². The first kappa shape index (κ1) is 23.0. The van der Waals surface area contributed by atoms with Gasteiger partial charge in [0.1, 0.15) is 17.5 Å². The molecule has 0 radical (unpaired) electrons. The van der Waals surface area contributed by atoms with Crippen LogP contribution < -0.4 is 10.2 Å². The van der Waals surface area contributed by atoms with Crippen molar-refractivity contribution in [3.8, 4) is 22.6 Å². The third-order valence-electron chi connectivity index (χ3n) is 5.74. The molecule has 1 atom stereocenters. The Hall–Kier alpha value is -3.20. The average molecular weight is 467 g/mol. The normalized spacial score (nSPS) is 17.2. The second-order valence-corrected chi connectivity index (χ2v) is 9.81. The maximum atomic E-state index is 13.2. The Morgan fingerprint density at radius 1 is 0.848 bits per heavy atom. The van der Waals surface area contributed by atoms with Crippen LogP contribution in [0.1, 0.15) is 25.7 Å². The number of carbonyl (C=O) groups is 1. The van der Waals surface area contributed by atoms with Crippen molar-refractivity contribution in [2.45, 2.75) is 36.6 Å². The Labute approximate surface area is 193 Å². The lowest BCUT2D eigenvalue weighted by atomic mass is 10.1. The minimum atomic E-state index is -3.91. The van der Waals surface area contributed by atoms with Gasteiger partial charge in [-0.2, -0.15) is 4.31 Å². The maximum Gasteiger partial charge on any atom is 0.261 e. The molecule has 33 heavy (non-hydrogen) atoms. The maximum absolute atomic E-state index is 13.2. The van der Waals surface area contributed by atoms with E-state index in [9.17, 15) is 13.2 Å². The van der Waals surface area contributed by atoms with Crippen molar-refractivity contribution in [1.29, 1.82) is 0 Å². The molecule has 1 amide bonds. The largest absolute Gasteiger partial charge is 0.457 e. The highest BCUT2D eigenvalue weighted by molar-refractivity contribution is 7.89. The third-order valence-corrected chi connectivity index (χ3v) is 7.67. The van der Waals surface area contributed by atoms with Gasteiger partial charge in [0, 0.05) is 6.54 Å². The van der Waals surface area contributed by atoms with Crippen LogP contribution in [0.25, 0.3) is 11.1 Å². The second kappa shape index (κ2) is 10.2. The van der Waals surface area contributed by atoms with E-state index in [1.807, 2.05) is 54.6 Å². The Morgan fingerprint density at radius 3 is 2.09 bits per heavy atom. The van der Waals surface area contributed by atoms with E-state index in [1.54, 1.807) is 17.6 Å². The van der Waals surface area contributed by atoms with E-state index in [0.29, 0.717) is 24.3 Å². The molecule has 1 aliphatic heterocycles. The van der Waals surface area contributed by atoms with Gasteiger partial charge < -0.3 is 4.74 Å². The van der Waals surface area contributed by atoms with Crippen molar-refractivity contribution < 1.29 is 23.2 Å². The summed E-state index contributed by atoms with van der Waals surface area (Å²) in [7, 11) is -3.91. The average Bonchev–Trinajstić information content (AvgIpc) is 3.12. The monoisotopic (exact) mass is 466 g/mol. The molecule has 1 heterocycles. The first-order chi connectivity index (χ1) is 16.0. The third kappa shape index (κ3) is 5.24. The van der Waals surface area contributed by atoms with Gasteiger partial charge in [0.25, 0.3) is 5.91 Å². The van der Waals surface area contributed by atoms with Crippen LogP contribution in [0.15, 0.2) is 83.8 Å². The summed E-state index contributed by atoms with van der Waals surface area (Å²) in [4.78, 5) is 12.2. The van der Waals surface area contributed by atoms with Gasteiger partial charge >= 0.3 is 0 Å². The predicted octanol–water partition coefficient (Wildman–Crippen LogP) is 4.58. The molecule has 3 aromatic rings. The fraction of sp³-hybridized carbons (Fsp3) is 0.240. The zero-order valence-electron chi connectivity index (χ0n) is 18.1. The van der Waals surface area contributed by atoms with Crippen molar-refractivity contribution in [1.82, 2.24) is 9.79 Å². The zero-order valence-corrected chi connectivity index (χ0v) is 18.9. The summed E-state index contributed by atoms with van der Waals surface area (Å²) in [6.07, 6.45) is 2.58. The lowest BCUT2D eigenvalue weighted by Crippen LogP contribution is -2.48. The number of sulfonamides is 1. The summed E-state index contributed by atoms with van der Waals surface area (Å²) in [6.45, 7) is 0.229. The quantitative estimate of drug-likeness (QED) is 0.409. The van der Waals surface area contributed by atoms with Gasteiger partial charge in [0.15, 0.2) is 0 Å². The second-order valence-electron chi connectivity index (χ2n) is 7.92. The van der Waals surface area contributed by atoms with Gasteiger partial charge in [-0.05, 0) is 60.4 Å². The molecule has 0 spiro atoms. The highest BCUT2D eigenvalue weighted by Gasteiger charge is 2.36. The molecule has 0 aromatic heterocycles. The fourth-order valence-electron chi connectivity index (χ4n) is 4.00. The van der Waals surface area contributed by atoms with Crippen LogP contribution in [-0.4, -0.2) is 36.4 Å². The van der Waals surface area contributed by atoms with E-state index in [1.165, 1.54) is 16.4 Å². The minimum absolute atomic E-state index is 0.0758. The van der Waals surface area contributed by atoms with Crippen molar-refractivity contribution >= 4 is 15.9 Å². The minimum Gasteiger partial charge on any atom is -0.457 e. The molecule has 172 valence electrons. The molecule has 4 rings (SSSR count). The van der Waals surface area contributed by atoms with Gasteiger partial charge in [-0.1, -0.05) is 55.3 Å². The summed E-state index contributed by atoms with van der Waals surface area (Å²) in [5.74, 6) is 0.429. The molecule has 0 aliphatic carbocycles. The van der Waals surface area contributed by atoms with Gasteiger partial charge in [-0.3, -0.25) is 10.0 Å². The molecule has 2 N–H and O–H groups in total. The number of benzene rings is 3. The number of hydrogen-bond donors (Lipinski definition) is 2. The molecule has 1 unspecified atom stereocenters. The molecule has 1 aliphatic rings. The van der Waals surface area contributed by atoms with Gasteiger partial charge in [-0.15, -0.1) is 0 Å². The number of amides is 1. The Morgan fingerprint density at radius 2 is 1.45 bits per heavy atom. The first-order valence-corrected chi connectivity index (χ1v) is 12.3. The molecule has 1 fully saturated rings. The van der Waals surface area contributed by atoms with Crippen LogP contribution in [0.2, 0.25) is 0 Å². The van der Waals surface area contributed by atoms with E-state index in [2.05, 4.69) is 0 Å². The number of hydrogen-bond acceptors (Lipinski definition) is 5. The molecule has 1 saturated heterocycles. The Balaban J connectivity index is 1.49. The Bertz CT molecular complexity index is 1180. The predicted molar refractivity (Wildman–Crippen MR) is 124 cm³/mol. The molecule has 3 aromatic carbocycles. The fourth-order valence-corrected chi connectivity index (χ4v) is 5.66. The first-order valence-electron chi connectivity index (χ1n) is 10.9. The molecule has 0 saturated carbocycles. The summed E-state index contributed by atoms with van der Waals surface area (Å²) in [5, 5.41) is 9.05. The van der Waals surface area contributed by atoms with Crippen LogP contribution in [-0.2, 0) is 14.8 Å². The summed E-state index contributed by atoms with van der Waals surface area (Å²) < 4.78 is 33.5. The number of carbonyl (C=O) groups excluding carboxylic acids is 1. The summed E-state index contributed by atoms with van der Waals surface area (Å²) >= 11 is 0. The number of nitrogens with one attached hydrogen (secondary N) is 1.